The van der Waals surface area contributed by atoms with E-state index < -0.39 is 6.04 Å². The van der Waals surface area contributed by atoms with Crippen molar-refractivity contribution in [2.75, 3.05) is 14.2 Å². The molecule has 0 aliphatic carbocycles. The number of ether oxygens (including phenoxy) is 2. The smallest absolute Gasteiger partial charge is 0.327 e. The molecule has 0 bridgehead atoms. The van der Waals surface area contributed by atoms with Crippen LogP contribution in [0.2, 0.25) is 0 Å². The highest BCUT2D eigenvalue weighted by atomic mass is 16.5. The van der Waals surface area contributed by atoms with Gasteiger partial charge in [0, 0.05) is 30.2 Å². The van der Waals surface area contributed by atoms with E-state index in [-0.39, 0.29) is 5.97 Å². The summed E-state index contributed by atoms with van der Waals surface area (Å²) >= 11 is 0. The monoisotopic (exact) mass is 414 g/mol. The van der Waals surface area contributed by atoms with Crippen LogP contribution in [0.15, 0.2) is 85.1 Å². The van der Waals surface area contributed by atoms with Gasteiger partial charge in [0.1, 0.15) is 11.8 Å². The van der Waals surface area contributed by atoms with Crippen molar-refractivity contribution in [2.24, 2.45) is 0 Å². The Labute approximate surface area is 182 Å². The first-order chi connectivity index (χ1) is 15.2. The molecule has 1 atom stereocenters. The molecule has 3 aromatic carbocycles. The molecule has 1 aromatic heterocycles. The van der Waals surface area contributed by atoms with Gasteiger partial charge in [0.2, 0.25) is 0 Å². The zero-order chi connectivity index (χ0) is 21.6. The van der Waals surface area contributed by atoms with E-state index in [1.165, 1.54) is 12.7 Å². The molecule has 0 unspecified atom stereocenters. The molecule has 1 heterocycles. The van der Waals surface area contributed by atoms with Gasteiger partial charge in [-0.25, -0.2) is 4.79 Å². The third kappa shape index (κ3) is 4.62. The molecule has 0 amide bonds. The van der Waals surface area contributed by atoms with E-state index in [4.69, 9.17) is 9.47 Å². The molecule has 158 valence electrons. The lowest BCUT2D eigenvalue weighted by atomic mass is 10.1. The Balaban J connectivity index is 1.66. The summed E-state index contributed by atoms with van der Waals surface area (Å²) in [4.78, 5) is 12.4. The third-order valence-electron chi connectivity index (χ3n) is 5.43. The summed E-state index contributed by atoms with van der Waals surface area (Å²) < 4.78 is 12.7. The maximum absolute atomic E-state index is 12.4. The van der Waals surface area contributed by atoms with Crippen molar-refractivity contribution >= 4 is 16.9 Å². The van der Waals surface area contributed by atoms with E-state index >= 15 is 0 Å². The van der Waals surface area contributed by atoms with Crippen LogP contribution in [0, 0.1) is 0 Å². The maximum atomic E-state index is 12.4. The molecule has 4 rings (SSSR count). The molecule has 0 saturated heterocycles. The standard InChI is InChI=1S/C26H26N2O3/c1-30-22-13-14-24-23(15-22)21(18-28(24)17-19-9-5-3-6-10-19)16-27-25(26(29)31-2)20-11-7-4-8-12-20/h3-15,18,25,27H,16-17H2,1-2H3/t25-/m0/s1. The molecule has 0 radical (unpaired) electrons. The van der Waals surface area contributed by atoms with Crippen LogP contribution in [-0.4, -0.2) is 24.8 Å². The van der Waals surface area contributed by atoms with Gasteiger partial charge in [0.05, 0.1) is 14.2 Å². The molecular weight excluding hydrogens is 388 g/mol. The SMILES string of the molecule is COC(=O)[C@@H](NCc1cn(Cc2ccccc2)c2ccc(OC)cc12)c1ccccc1. The molecule has 0 spiro atoms. The number of esters is 1. The molecule has 5 nitrogen and oxygen atoms in total. The predicted molar refractivity (Wildman–Crippen MR) is 122 cm³/mol. The summed E-state index contributed by atoms with van der Waals surface area (Å²) in [7, 11) is 3.08. The van der Waals surface area contributed by atoms with E-state index in [0.717, 1.165) is 34.3 Å². The summed E-state index contributed by atoms with van der Waals surface area (Å²) in [5.41, 5.74) is 4.32. The lowest BCUT2D eigenvalue weighted by Crippen LogP contribution is -2.29. The fourth-order valence-electron chi connectivity index (χ4n) is 3.84. The first kappa shape index (κ1) is 20.7. The van der Waals surface area contributed by atoms with E-state index in [2.05, 4.69) is 34.3 Å². The van der Waals surface area contributed by atoms with Crippen LogP contribution in [0.4, 0.5) is 0 Å². The van der Waals surface area contributed by atoms with Crippen LogP contribution < -0.4 is 10.1 Å². The highest BCUT2D eigenvalue weighted by molar-refractivity contribution is 5.85. The van der Waals surface area contributed by atoms with Crippen molar-refractivity contribution in [1.29, 1.82) is 0 Å². The topological polar surface area (TPSA) is 52.5 Å². The van der Waals surface area contributed by atoms with Gasteiger partial charge in [-0.1, -0.05) is 60.7 Å². The molecular formula is C26H26N2O3. The molecule has 5 heteroatoms. The van der Waals surface area contributed by atoms with E-state index in [1.807, 2.05) is 60.7 Å². The van der Waals surface area contributed by atoms with Gasteiger partial charge in [-0.05, 0) is 34.9 Å². The largest absolute Gasteiger partial charge is 0.497 e. The third-order valence-corrected chi connectivity index (χ3v) is 5.43. The summed E-state index contributed by atoms with van der Waals surface area (Å²) in [6, 6.07) is 25.5. The number of aromatic nitrogens is 1. The summed E-state index contributed by atoms with van der Waals surface area (Å²) in [6.45, 7) is 1.28. The van der Waals surface area contributed by atoms with Crippen molar-refractivity contribution in [2.45, 2.75) is 19.1 Å². The number of nitrogens with one attached hydrogen (secondary N) is 1. The molecule has 0 aliphatic rings. The average molecular weight is 415 g/mol. The number of carbonyl (C=O) groups is 1. The second-order valence-electron chi connectivity index (χ2n) is 7.40. The number of nitrogens with zero attached hydrogens (tertiary/aromatic N) is 1. The average Bonchev–Trinajstić information content (AvgIpc) is 3.16. The minimum atomic E-state index is -0.538. The molecule has 31 heavy (non-hydrogen) atoms. The Morgan fingerprint density at radius 3 is 2.35 bits per heavy atom. The van der Waals surface area contributed by atoms with Crippen molar-refractivity contribution in [1.82, 2.24) is 9.88 Å². The highest BCUT2D eigenvalue weighted by Crippen LogP contribution is 2.27. The van der Waals surface area contributed by atoms with Gasteiger partial charge in [-0.3, -0.25) is 5.32 Å². The number of carbonyl (C=O) groups excluding carboxylic acids is 1. The number of benzene rings is 3. The van der Waals surface area contributed by atoms with Crippen molar-refractivity contribution < 1.29 is 14.3 Å². The normalized spacial score (nSPS) is 11.9. The Hall–Kier alpha value is -3.57. The Morgan fingerprint density at radius 2 is 1.68 bits per heavy atom. The summed E-state index contributed by atoms with van der Waals surface area (Å²) in [5.74, 6) is 0.496. The lowest BCUT2D eigenvalue weighted by molar-refractivity contribution is -0.143. The molecule has 1 N–H and O–H groups in total. The van der Waals surface area contributed by atoms with E-state index in [0.29, 0.717) is 6.54 Å². The second-order valence-corrected chi connectivity index (χ2v) is 7.40. The van der Waals surface area contributed by atoms with Gasteiger partial charge in [0.15, 0.2) is 0 Å². The zero-order valence-corrected chi connectivity index (χ0v) is 17.7. The minimum Gasteiger partial charge on any atom is -0.497 e. The molecule has 4 aromatic rings. The number of fused-ring (bicyclic) bond motifs is 1. The van der Waals surface area contributed by atoms with Gasteiger partial charge in [-0.2, -0.15) is 0 Å². The quantitative estimate of drug-likeness (QED) is 0.425. The molecule has 0 aliphatic heterocycles. The Kier molecular flexibility index (Phi) is 6.34. The van der Waals surface area contributed by atoms with Crippen LogP contribution in [-0.2, 0) is 22.6 Å². The van der Waals surface area contributed by atoms with Gasteiger partial charge in [0.25, 0.3) is 0 Å². The molecule has 0 saturated carbocycles. The number of hydrogen-bond donors (Lipinski definition) is 1. The maximum Gasteiger partial charge on any atom is 0.327 e. The van der Waals surface area contributed by atoms with Crippen LogP contribution in [0.1, 0.15) is 22.7 Å². The van der Waals surface area contributed by atoms with Crippen molar-refractivity contribution in [3.63, 3.8) is 0 Å². The number of hydrogen-bond acceptors (Lipinski definition) is 4. The zero-order valence-electron chi connectivity index (χ0n) is 17.7. The Bertz CT molecular complexity index is 1150. The van der Waals surface area contributed by atoms with Crippen LogP contribution in [0.25, 0.3) is 10.9 Å². The van der Waals surface area contributed by atoms with E-state index in [9.17, 15) is 4.79 Å². The van der Waals surface area contributed by atoms with Gasteiger partial charge in [-0.15, -0.1) is 0 Å². The number of rotatable bonds is 8. The number of methoxy groups -OCH3 is 2. The van der Waals surface area contributed by atoms with Crippen molar-refractivity contribution in [3.8, 4) is 5.75 Å². The summed E-state index contributed by atoms with van der Waals surface area (Å²) in [6.07, 6.45) is 2.14. The van der Waals surface area contributed by atoms with Crippen molar-refractivity contribution in [3.05, 3.63) is 102 Å². The van der Waals surface area contributed by atoms with E-state index in [1.54, 1.807) is 7.11 Å². The second kappa shape index (κ2) is 9.49. The minimum absolute atomic E-state index is 0.309. The van der Waals surface area contributed by atoms with Crippen LogP contribution in [0.3, 0.4) is 0 Å². The first-order valence-electron chi connectivity index (χ1n) is 10.3. The first-order valence-corrected chi connectivity index (χ1v) is 10.3. The summed E-state index contributed by atoms with van der Waals surface area (Å²) in [5, 5.41) is 4.48. The fraction of sp³-hybridized carbons (Fsp3) is 0.192. The molecule has 0 fully saturated rings. The van der Waals surface area contributed by atoms with Gasteiger partial charge < -0.3 is 14.0 Å². The Morgan fingerprint density at radius 1 is 0.968 bits per heavy atom. The highest BCUT2D eigenvalue weighted by Gasteiger charge is 2.21. The lowest BCUT2D eigenvalue weighted by Gasteiger charge is -2.16. The van der Waals surface area contributed by atoms with Crippen LogP contribution >= 0.6 is 0 Å². The van der Waals surface area contributed by atoms with Gasteiger partial charge >= 0.3 is 5.97 Å². The fourth-order valence-corrected chi connectivity index (χ4v) is 3.84. The predicted octanol–water partition coefficient (Wildman–Crippen LogP) is 4.70. The van der Waals surface area contributed by atoms with Crippen LogP contribution in [0.5, 0.6) is 5.75 Å².